The number of nitrogens with zero attached hydrogens (tertiary/aromatic N) is 2. The highest BCUT2D eigenvalue weighted by molar-refractivity contribution is 6.14. The van der Waals surface area contributed by atoms with Gasteiger partial charge in [0.25, 0.3) is 0 Å². The summed E-state index contributed by atoms with van der Waals surface area (Å²) in [7, 11) is 0. The average molecular weight is 769 g/mol. The predicted molar refractivity (Wildman–Crippen MR) is 251 cm³/mol. The van der Waals surface area contributed by atoms with Crippen LogP contribution in [-0.2, 0) is 5.41 Å². The van der Waals surface area contributed by atoms with E-state index in [9.17, 15) is 0 Å². The first-order valence-electron chi connectivity index (χ1n) is 20.8. The number of hydrogen-bond donors (Lipinski definition) is 0. The van der Waals surface area contributed by atoms with Gasteiger partial charge in [-0.25, -0.2) is 0 Å². The van der Waals surface area contributed by atoms with Crippen molar-refractivity contribution < 1.29 is 4.74 Å². The van der Waals surface area contributed by atoms with Crippen LogP contribution >= 0.6 is 0 Å². The molecule has 0 unspecified atom stereocenters. The molecule has 10 aromatic carbocycles. The number of ether oxygens (including phenoxy) is 1. The second kappa shape index (κ2) is 13.2. The Labute approximate surface area is 350 Å². The van der Waals surface area contributed by atoms with Gasteiger partial charge in [-0.15, -0.1) is 0 Å². The van der Waals surface area contributed by atoms with E-state index < -0.39 is 0 Å². The molecule has 0 spiro atoms. The lowest BCUT2D eigenvalue weighted by atomic mass is 9.72. The zero-order chi connectivity index (χ0) is 40.0. The van der Waals surface area contributed by atoms with Crippen molar-refractivity contribution in [2.24, 2.45) is 0 Å². The molecule has 3 nitrogen and oxygen atoms in total. The molecule has 0 N–H and O–H groups in total. The first-order chi connectivity index (χ1) is 29.5. The lowest BCUT2D eigenvalue weighted by Crippen LogP contribution is -2.32. The number of benzene rings is 10. The molecule has 284 valence electrons. The summed E-state index contributed by atoms with van der Waals surface area (Å²) in [5, 5.41) is 7.29. The van der Waals surface area contributed by atoms with Gasteiger partial charge in [-0.2, -0.15) is 0 Å². The Morgan fingerprint density at radius 1 is 0.400 bits per heavy atom. The van der Waals surface area contributed by atoms with E-state index in [1.54, 1.807) is 0 Å². The fraction of sp³-hybridized carbons (Fsp3) is 0.0526. The minimum Gasteiger partial charge on any atom is -0.453 e. The summed E-state index contributed by atoms with van der Waals surface area (Å²) < 4.78 is 6.95. The van der Waals surface area contributed by atoms with Crippen LogP contribution in [0, 0.1) is 0 Å². The van der Waals surface area contributed by atoms with Gasteiger partial charge in [-0.05, 0) is 110 Å². The number of rotatable bonds is 5. The highest BCUT2D eigenvalue weighted by Crippen LogP contribution is 2.62. The number of anilines is 6. The van der Waals surface area contributed by atoms with Crippen molar-refractivity contribution in [1.29, 1.82) is 0 Å². The van der Waals surface area contributed by atoms with E-state index in [1.165, 1.54) is 60.3 Å². The molecule has 2 aliphatic rings. The summed E-state index contributed by atoms with van der Waals surface area (Å²) in [6, 6.07) is 74.9. The molecule has 2 heterocycles. The summed E-state index contributed by atoms with van der Waals surface area (Å²) in [6.07, 6.45) is 0. The molecule has 0 saturated carbocycles. The van der Waals surface area contributed by atoms with Gasteiger partial charge in [0.2, 0.25) is 0 Å². The van der Waals surface area contributed by atoms with Gasteiger partial charge in [0.05, 0.1) is 22.7 Å². The van der Waals surface area contributed by atoms with Gasteiger partial charge in [-0.1, -0.05) is 166 Å². The van der Waals surface area contributed by atoms with Crippen LogP contribution in [0.5, 0.6) is 11.5 Å². The molecule has 12 rings (SSSR count). The van der Waals surface area contributed by atoms with E-state index in [0.29, 0.717) is 0 Å². The summed E-state index contributed by atoms with van der Waals surface area (Å²) in [4.78, 5) is 4.86. The van der Waals surface area contributed by atoms with Crippen molar-refractivity contribution in [3.8, 4) is 33.8 Å². The summed E-state index contributed by atoms with van der Waals surface area (Å²) in [6.45, 7) is 4.69. The van der Waals surface area contributed by atoms with Crippen molar-refractivity contribution in [1.82, 2.24) is 0 Å². The number of fused-ring (bicyclic) bond motifs is 9. The summed E-state index contributed by atoms with van der Waals surface area (Å²) >= 11 is 0. The molecule has 0 bridgehead atoms. The molecule has 0 atom stereocenters. The normalized spacial score (nSPS) is 13.4. The Balaban J connectivity index is 1.01. The third-order valence-corrected chi connectivity index (χ3v) is 12.8. The Hall–Kier alpha value is -7.62. The molecule has 2 aliphatic heterocycles. The van der Waals surface area contributed by atoms with Crippen molar-refractivity contribution in [2.45, 2.75) is 19.3 Å². The van der Waals surface area contributed by atoms with Crippen molar-refractivity contribution >= 4 is 66.4 Å². The molecule has 3 heteroatoms. The highest BCUT2D eigenvalue weighted by atomic mass is 16.5. The fourth-order valence-electron chi connectivity index (χ4n) is 9.80. The van der Waals surface area contributed by atoms with Gasteiger partial charge in [0.1, 0.15) is 0 Å². The van der Waals surface area contributed by atoms with E-state index in [0.717, 1.165) is 51.1 Å². The van der Waals surface area contributed by atoms with Crippen LogP contribution in [-0.4, -0.2) is 0 Å². The first-order valence-corrected chi connectivity index (χ1v) is 20.8. The second-order valence-electron chi connectivity index (χ2n) is 16.5. The van der Waals surface area contributed by atoms with E-state index in [-0.39, 0.29) is 5.41 Å². The van der Waals surface area contributed by atoms with Crippen LogP contribution in [0.1, 0.15) is 25.0 Å². The maximum atomic E-state index is 6.95. The summed E-state index contributed by atoms with van der Waals surface area (Å²) in [5.74, 6) is 1.74. The SMILES string of the molecule is CC1(C)c2ccccc2N2c3c(cc(-c4ccc(N(c5ccc(-c6ccccc6)cc5)c5cc6ccccc6c6ccccc56)cc4)cc31)Oc1ccc3ccccc3c12. The molecule has 0 saturated heterocycles. The summed E-state index contributed by atoms with van der Waals surface area (Å²) in [5.41, 5.74) is 13.7. The van der Waals surface area contributed by atoms with Crippen molar-refractivity contribution in [2.75, 3.05) is 9.80 Å². The topological polar surface area (TPSA) is 15.7 Å². The van der Waals surface area contributed by atoms with Gasteiger partial charge in [0.15, 0.2) is 11.5 Å². The quantitative estimate of drug-likeness (QED) is 0.162. The van der Waals surface area contributed by atoms with Crippen molar-refractivity contribution in [3.05, 3.63) is 217 Å². The smallest absolute Gasteiger partial charge is 0.152 e. The monoisotopic (exact) mass is 768 g/mol. The number of para-hydroxylation sites is 1. The lowest BCUT2D eigenvalue weighted by Gasteiger charge is -2.45. The van der Waals surface area contributed by atoms with Crippen LogP contribution < -0.4 is 14.5 Å². The van der Waals surface area contributed by atoms with Gasteiger partial charge in [-0.3, -0.25) is 0 Å². The molecule has 10 aromatic rings. The van der Waals surface area contributed by atoms with Gasteiger partial charge < -0.3 is 14.5 Å². The zero-order valence-corrected chi connectivity index (χ0v) is 33.4. The average Bonchev–Trinajstić information content (AvgIpc) is 3.31. The third-order valence-electron chi connectivity index (χ3n) is 12.8. The van der Waals surface area contributed by atoms with E-state index in [1.807, 2.05) is 0 Å². The molecule has 0 amide bonds. The van der Waals surface area contributed by atoms with Crippen LogP contribution in [0.2, 0.25) is 0 Å². The minimum absolute atomic E-state index is 0.265. The van der Waals surface area contributed by atoms with E-state index in [4.69, 9.17) is 4.74 Å². The Morgan fingerprint density at radius 3 is 1.73 bits per heavy atom. The number of hydrogen-bond acceptors (Lipinski definition) is 3. The third kappa shape index (κ3) is 5.22. The molecule has 60 heavy (non-hydrogen) atoms. The van der Waals surface area contributed by atoms with Crippen LogP contribution in [0.3, 0.4) is 0 Å². The molecule has 0 aromatic heterocycles. The second-order valence-corrected chi connectivity index (χ2v) is 16.5. The maximum Gasteiger partial charge on any atom is 0.152 e. The zero-order valence-electron chi connectivity index (χ0n) is 33.4. The van der Waals surface area contributed by atoms with Crippen molar-refractivity contribution in [3.63, 3.8) is 0 Å². The van der Waals surface area contributed by atoms with Crippen LogP contribution in [0.25, 0.3) is 54.6 Å². The minimum atomic E-state index is -0.265. The Morgan fingerprint density at radius 2 is 0.983 bits per heavy atom. The molecular formula is C57H40N2O. The maximum absolute atomic E-state index is 6.95. The van der Waals surface area contributed by atoms with Crippen LogP contribution in [0.15, 0.2) is 206 Å². The van der Waals surface area contributed by atoms with Gasteiger partial charge in [0, 0.05) is 27.6 Å². The lowest BCUT2D eigenvalue weighted by molar-refractivity contribution is 0.472. The molecular weight excluding hydrogens is 729 g/mol. The predicted octanol–water partition coefficient (Wildman–Crippen LogP) is 16.2. The first kappa shape index (κ1) is 34.4. The Kier molecular flexibility index (Phi) is 7.58. The van der Waals surface area contributed by atoms with Crippen LogP contribution in [0.4, 0.5) is 34.1 Å². The standard InChI is InChI=1S/C57H40N2O/c1-57(2)49-22-12-13-23-51(49)59-55-46-19-9-6-16-40(46)28-33-53(55)60-54-36-42(34-50(57)56(54)59)39-26-31-44(32-27-39)58(43-29-24-38(25-30-43)37-14-4-3-5-15-37)52-35-41-17-7-8-18-45(41)47-20-10-11-21-48(47)52/h3-36H,1-2H3. The largest absolute Gasteiger partial charge is 0.453 e. The molecule has 0 radical (unpaired) electrons. The van der Waals surface area contributed by atoms with Gasteiger partial charge >= 0.3 is 0 Å². The fourth-order valence-corrected chi connectivity index (χ4v) is 9.80. The Bertz CT molecular complexity index is 3310. The molecule has 0 aliphatic carbocycles. The molecule has 0 fully saturated rings. The highest BCUT2D eigenvalue weighted by Gasteiger charge is 2.42. The van der Waals surface area contributed by atoms with E-state index in [2.05, 4.69) is 230 Å². The van der Waals surface area contributed by atoms with E-state index >= 15 is 0 Å².